The minimum absolute atomic E-state index is 1.15. The van der Waals surface area contributed by atoms with Crippen molar-refractivity contribution in [3.63, 3.8) is 0 Å². The van der Waals surface area contributed by atoms with Gasteiger partial charge in [-0.05, 0) is 0 Å². The molecule has 0 fully saturated rings. The van der Waals surface area contributed by atoms with Gasteiger partial charge < -0.3 is 0 Å². The molecule has 3 heteroatoms. The number of halogens is 2. The number of rotatable bonds is 2. The summed E-state index contributed by atoms with van der Waals surface area (Å²) in [5.41, 5.74) is 5.10. The minimum Gasteiger partial charge on any atom is -0.126 e. The first-order chi connectivity index (χ1) is 19.5. The van der Waals surface area contributed by atoms with E-state index in [-0.39, 0.29) is 0 Å². The number of aryl methyl sites for hydroxylation is 2. The van der Waals surface area contributed by atoms with E-state index in [1.807, 2.05) is 36.4 Å². The van der Waals surface area contributed by atoms with E-state index in [1.54, 1.807) is 0 Å². The van der Waals surface area contributed by atoms with Crippen LogP contribution in [0.4, 0.5) is 0 Å². The molecule has 0 aliphatic rings. The molecule has 7 rings (SSSR count). The van der Waals surface area contributed by atoms with Crippen molar-refractivity contribution < 1.29 is 18.9 Å². The van der Waals surface area contributed by atoms with E-state index in [0.717, 1.165) is 14.3 Å². The van der Waals surface area contributed by atoms with Crippen LogP contribution >= 0.6 is 17.0 Å². The molecule has 0 N–H and O–H groups in total. The molecule has 0 atom stereocenters. The Labute approximate surface area is 251 Å². The Morgan fingerprint density at radius 2 is 0.850 bits per heavy atom. The molecule has 40 heavy (non-hydrogen) atoms. The van der Waals surface area contributed by atoms with Crippen LogP contribution in [0.15, 0.2) is 146 Å². The first-order valence-corrected chi connectivity index (χ1v) is 20.9. The number of fused-ring (bicyclic) bond motifs is 4. The molecular weight excluding hydrogens is 607 g/mol. The number of benzene rings is 5. The van der Waals surface area contributed by atoms with E-state index in [1.165, 1.54) is 43.4 Å². The van der Waals surface area contributed by atoms with Gasteiger partial charge in [0.15, 0.2) is 0 Å². The van der Waals surface area contributed by atoms with Gasteiger partial charge in [-0.3, -0.25) is 0 Å². The van der Waals surface area contributed by atoms with E-state index in [9.17, 15) is 0 Å². The molecule has 7 aromatic carbocycles. The van der Waals surface area contributed by atoms with Crippen LogP contribution in [0.5, 0.6) is 0 Å². The van der Waals surface area contributed by atoms with Crippen LogP contribution in [0.2, 0.25) is 0 Å². The van der Waals surface area contributed by atoms with Crippen molar-refractivity contribution in [3.05, 3.63) is 168 Å². The van der Waals surface area contributed by atoms with Crippen LogP contribution in [0.3, 0.4) is 0 Å². The van der Waals surface area contributed by atoms with Crippen LogP contribution < -0.4 is 0 Å². The van der Waals surface area contributed by atoms with E-state index >= 15 is 0 Å². The SMILES string of the molecule is Cc1[cH-]c2ccccc2c1C.[Cl][Zr]([Cl])=[C](c1ccccc1)c1ccccc1.c1ccc2c(c1)[cH-]c1ccccc12. The van der Waals surface area contributed by atoms with Crippen LogP contribution in [0.1, 0.15) is 22.3 Å². The average Bonchev–Trinajstić information content (AvgIpc) is 3.51. The van der Waals surface area contributed by atoms with Gasteiger partial charge in [0.25, 0.3) is 0 Å². The maximum Gasteiger partial charge on any atom is -0.0771 e. The van der Waals surface area contributed by atoms with Gasteiger partial charge in [-0.1, -0.05) is 56.3 Å². The molecule has 0 saturated carbocycles. The summed E-state index contributed by atoms with van der Waals surface area (Å²) in [5, 5.41) is 8.15. The second-order valence-electron chi connectivity index (χ2n) is 9.73. The van der Waals surface area contributed by atoms with Gasteiger partial charge in [0.05, 0.1) is 0 Å². The first kappa shape index (κ1) is 28.4. The molecule has 7 aromatic rings. The maximum atomic E-state index is 6.24. The molecule has 0 nitrogen and oxygen atoms in total. The molecule has 0 unspecified atom stereocenters. The second kappa shape index (κ2) is 13.5. The molecule has 0 heterocycles. The van der Waals surface area contributed by atoms with Crippen molar-refractivity contribution in [2.45, 2.75) is 13.8 Å². The van der Waals surface area contributed by atoms with Crippen molar-refractivity contribution in [3.8, 4) is 0 Å². The summed E-state index contributed by atoms with van der Waals surface area (Å²) in [5.74, 6) is 0. The summed E-state index contributed by atoms with van der Waals surface area (Å²) in [7, 11) is 12.5. The fourth-order valence-electron chi connectivity index (χ4n) is 5.02. The normalized spacial score (nSPS) is 10.5. The Balaban J connectivity index is 0.000000123. The Morgan fingerprint density at radius 1 is 0.475 bits per heavy atom. The van der Waals surface area contributed by atoms with Crippen LogP contribution in [0.25, 0.3) is 32.3 Å². The van der Waals surface area contributed by atoms with Crippen LogP contribution in [0, 0.1) is 13.8 Å². The largest absolute Gasteiger partial charge is 0.126 e. The van der Waals surface area contributed by atoms with E-state index in [0.29, 0.717) is 0 Å². The van der Waals surface area contributed by atoms with E-state index < -0.39 is 18.9 Å². The van der Waals surface area contributed by atoms with Gasteiger partial charge in [-0.15, -0.1) is 80.3 Å². The summed E-state index contributed by atoms with van der Waals surface area (Å²) >= 11 is -2.44. The predicted octanol–water partition coefficient (Wildman–Crippen LogP) is 11.1. The van der Waals surface area contributed by atoms with Gasteiger partial charge in [0, 0.05) is 0 Å². The molecule has 0 saturated heterocycles. The first-order valence-electron chi connectivity index (χ1n) is 13.3. The Hall–Kier alpha value is -3.09. The maximum absolute atomic E-state index is 6.24. The molecule has 0 spiro atoms. The molecule has 0 radical (unpaired) electrons. The third kappa shape index (κ3) is 6.61. The number of hydrogen-bond acceptors (Lipinski definition) is 0. The summed E-state index contributed by atoms with van der Waals surface area (Å²) in [6, 6.07) is 50.3. The van der Waals surface area contributed by atoms with Gasteiger partial charge in [0.1, 0.15) is 0 Å². The molecule has 0 bridgehead atoms. The molecule has 0 aromatic heterocycles. The summed E-state index contributed by atoms with van der Waals surface area (Å²) < 4.78 is 1.15. The Morgan fingerprint density at radius 3 is 1.27 bits per heavy atom. The quantitative estimate of drug-likeness (QED) is 0.166. The van der Waals surface area contributed by atoms with Gasteiger partial charge in [0.2, 0.25) is 0 Å². The standard InChI is InChI=1S/C13H9.C13H10.C11H11.2ClH.Zr/c1-3-7-12-10(5-1)9-11-6-2-4-8-13(11)12;1-3-7-12(8-4-1)11-13-9-5-2-6-10-13;1-8-7-10-5-3-4-6-11(10)9(8)2;;;/h1-9H;1-10H;3-7H,1-2H3;2*1H;/q-1;;-1;;;+2/p-2. The second-order valence-corrected chi connectivity index (χ2v) is 17.9. The summed E-state index contributed by atoms with van der Waals surface area (Å²) in [4.78, 5) is 0. The van der Waals surface area contributed by atoms with Crippen molar-refractivity contribution in [2.24, 2.45) is 0 Å². The molecule has 0 amide bonds. The summed E-state index contributed by atoms with van der Waals surface area (Å²) in [6.45, 7) is 4.34. The number of hydrogen-bond donors (Lipinski definition) is 0. The summed E-state index contributed by atoms with van der Waals surface area (Å²) in [6.07, 6.45) is 0. The molecular formula is C37H30Cl2Zr-2. The zero-order valence-corrected chi connectivity index (χ0v) is 26.6. The van der Waals surface area contributed by atoms with Crippen molar-refractivity contribution in [2.75, 3.05) is 0 Å². The smallest absolute Gasteiger partial charge is 0.0771 e. The monoisotopic (exact) mass is 634 g/mol. The van der Waals surface area contributed by atoms with E-state index in [2.05, 4.69) is 123 Å². The van der Waals surface area contributed by atoms with Gasteiger partial charge >= 0.3 is 111 Å². The van der Waals surface area contributed by atoms with Gasteiger partial charge in [-0.25, -0.2) is 0 Å². The zero-order valence-electron chi connectivity index (χ0n) is 22.6. The Bertz CT molecular complexity index is 1780. The molecule has 198 valence electrons. The Kier molecular flexibility index (Phi) is 9.61. The van der Waals surface area contributed by atoms with E-state index in [4.69, 9.17) is 17.0 Å². The predicted molar refractivity (Wildman–Crippen MR) is 174 cm³/mol. The molecule has 0 aliphatic heterocycles. The molecule has 0 aliphatic carbocycles. The zero-order chi connectivity index (χ0) is 27.9. The average molecular weight is 637 g/mol. The van der Waals surface area contributed by atoms with Crippen molar-refractivity contribution in [1.29, 1.82) is 0 Å². The fraction of sp³-hybridized carbons (Fsp3) is 0.0541. The fourth-order valence-corrected chi connectivity index (χ4v) is 9.49. The third-order valence-electron chi connectivity index (χ3n) is 7.16. The van der Waals surface area contributed by atoms with Crippen molar-refractivity contribution >= 4 is 52.5 Å². The third-order valence-corrected chi connectivity index (χ3v) is 11.7. The van der Waals surface area contributed by atoms with Crippen molar-refractivity contribution in [1.82, 2.24) is 0 Å². The van der Waals surface area contributed by atoms with Crippen LogP contribution in [-0.4, -0.2) is 3.21 Å². The topological polar surface area (TPSA) is 0 Å². The van der Waals surface area contributed by atoms with Crippen LogP contribution in [-0.2, 0) is 18.9 Å². The van der Waals surface area contributed by atoms with Gasteiger partial charge in [-0.2, -0.15) is 5.56 Å². The minimum atomic E-state index is -2.44.